The van der Waals surface area contributed by atoms with Gasteiger partial charge in [-0.2, -0.15) is 0 Å². The highest BCUT2D eigenvalue weighted by Crippen LogP contribution is 2.33. The lowest BCUT2D eigenvalue weighted by atomic mass is 10.1. The SMILES string of the molecule is COc1cccc(CCc2nc3cc4c(cc3c(=O)o2)OCCCO4)c1OC. The number of benzene rings is 2. The van der Waals surface area contributed by atoms with Crippen molar-refractivity contribution in [1.29, 1.82) is 0 Å². The first-order chi connectivity index (χ1) is 13.7. The molecule has 1 aliphatic heterocycles. The van der Waals surface area contributed by atoms with Gasteiger partial charge in [-0.3, -0.25) is 0 Å². The summed E-state index contributed by atoms with van der Waals surface area (Å²) in [6.45, 7) is 1.13. The van der Waals surface area contributed by atoms with E-state index in [1.807, 2.05) is 18.2 Å². The van der Waals surface area contributed by atoms with Gasteiger partial charge < -0.3 is 23.4 Å². The summed E-state index contributed by atoms with van der Waals surface area (Å²) in [5.74, 6) is 2.84. The number of fused-ring (bicyclic) bond motifs is 2. The molecule has 2 heterocycles. The van der Waals surface area contributed by atoms with Crippen molar-refractivity contribution in [2.24, 2.45) is 0 Å². The Morgan fingerprint density at radius 1 is 1.04 bits per heavy atom. The molecular formula is C21H21NO6. The summed E-state index contributed by atoms with van der Waals surface area (Å²) in [6, 6.07) is 9.07. The zero-order chi connectivity index (χ0) is 19.5. The van der Waals surface area contributed by atoms with Crippen molar-refractivity contribution < 1.29 is 23.4 Å². The number of methoxy groups -OCH3 is 2. The molecule has 28 heavy (non-hydrogen) atoms. The lowest BCUT2D eigenvalue weighted by Gasteiger charge is -2.12. The normalized spacial score (nSPS) is 13.2. The highest BCUT2D eigenvalue weighted by molar-refractivity contribution is 5.81. The van der Waals surface area contributed by atoms with E-state index in [0.717, 1.165) is 12.0 Å². The molecule has 0 bridgehead atoms. The summed E-state index contributed by atoms with van der Waals surface area (Å²) in [7, 11) is 3.20. The predicted octanol–water partition coefficient (Wildman–Crippen LogP) is 3.15. The maximum Gasteiger partial charge on any atom is 0.346 e. The summed E-state index contributed by atoms with van der Waals surface area (Å²) < 4.78 is 27.5. The van der Waals surface area contributed by atoms with E-state index in [0.29, 0.717) is 65.8 Å². The van der Waals surface area contributed by atoms with Crippen LogP contribution in [0.4, 0.5) is 0 Å². The first kappa shape index (κ1) is 18.2. The van der Waals surface area contributed by atoms with Crippen LogP contribution in [0.25, 0.3) is 10.9 Å². The largest absolute Gasteiger partial charge is 0.493 e. The van der Waals surface area contributed by atoms with Gasteiger partial charge in [-0.05, 0) is 18.1 Å². The average molecular weight is 383 g/mol. The Morgan fingerprint density at radius 3 is 2.57 bits per heavy atom. The van der Waals surface area contributed by atoms with E-state index in [-0.39, 0.29) is 0 Å². The molecule has 3 aromatic rings. The van der Waals surface area contributed by atoms with Gasteiger partial charge in [0.05, 0.1) is 38.3 Å². The van der Waals surface area contributed by atoms with Crippen molar-refractivity contribution in [3.8, 4) is 23.0 Å². The van der Waals surface area contributed by atoms with Gasteiger partial charge in [-0.25, -0.2) is 9.78 Å². The van der Waals surface area contributed by atoms with Crippen molar-refractivity contribution in [1.82, 2.24) is 4.98 Å². The van der Waals surface area contributed by atoms with Gasteiger partial charge in [-0.15, -0.1) is 0 Å². The molecule has 7 heteroatoms. The number of nitrogens with zero attached hydrogens (tertiary/aromatic N) is 1. The first-order valence-corrected chi connectivity index (χ1v) is 9.13. The van der Waals surface area contributed by atoms with Crippen LogP contribution < -0.4 is 24.6 Å². The standard InChI is InChI=1S/C21H21NO6/c1-24-16-6-3-5-13(20(16)25-2)7-8-19-22-15-12-18-17(26-9-4-10-27-18)11-14(15)21(23)28-19/h3,5-6,11-12H,4,7-10H2,1-2H3. The monoisotopic (exact) mass is 383 g/mol. The number of hydrogen-bond acceptors (Lipinski definition) is 7. The smallest absolute Gasteiger partial charge is 0.346 e. The number of para-hydroxylation sites is 1. The molecule has 0 saturated carbocycles. The minimum atomic E-state index is -0.437. The Kier molecular flexibility index (Phi) is 5.06. The van der Waals surface area contributed by atoms with Gasteiger partial charge >= 0.3 is 5.63 Å². The van der Waals surface area contributed by atoms with Crippen LogP contribution in [0.15, 0.2) is 39.5 Å². The second-order valence-corrected chi connectivity index (χ2v) is 6.41. The molecule has 2 aromatic carbocycles. The van der Waals surface area contributed by atoms with Crippen LogP contribution >= 0.6 is 0 Å². The average Bonchev–Trinajstić information content (AvgIpc) is 2.95. The van der Waals surface area contributed by atoms with Crippen LogP contribution in [0.2, 0.25) is 0 Å². The Labute approximate surface area is 161 Å². The minimum absolute atomic E-state index is 0.358. The number of aromatic nitrogens is 1. The van der Waals surface area contributed by atoms with Gasteiger partial charge in [0.1, 0.15) is 0 Å². The van der Waals surface area contributed by atoms with E-state index in [9.17, 15) is 4.79 Å². The van der Waals surface area contributed by atoms with Gasteiger partial charge in [-0.1, -0.05) is 12.1 Å². The maximum absolute atomic E-state index is 12.5. The molecule has 0 amide bonds. The highest BCUT2D eigenvalue weighted by Gasteiger charge is 2.16. The van der Waals surface area contributed by atoms with E-state index in [1.165, 1.54) is 0 Å². The third kappa shape index (κ3) is 3.47. The van der Waals surface area contributed by atoms with Crippen LogP contribution in [0.5, 0.6) is 23.0 Å². The van der Waals surface area contributed by atoms with Gasteiger partial charge in [0.15, 0.2) is 28.9 Å². The van der Waals surface area contributed by atoms with Crippen molar-refractivity contribution in [3.63, 3.8) is 0 Å². The van der Waals surface area contributed by atoms with E-state index in [4.69, 9.17) is 23.4 Å². The topological polar surface area (TPSA) is 80.0 Å². The molecule has 0 fully saturated rings. The summed E-state index contributed by atoms with van der Waals surface area (Å²) in [4.78, 5) is 17.0. The molecule has 1 aliphatic rings. The molecule has 0 aliphatic carbocycles. The lowest BCUT2D eigenvalue weighted by molar-refractivity contribution is 0.297. The minimum Gasteiger partial charge on any atom is -0.493 e. The summed E-state index contributed by atoms with van der Waals surface area (Å²) in [5.41, 5.74) is 1.05. The van der Waals surface area contributed by atoms with Crippen LogP contribution in [0.3, 0.4) is 0 Å². The Morgan fingerprint density at radius 2 is 1.82 bits per heavy atom. The van der Waals surface area contributed by atoms with Crippen molar-refractivity contribution >= 4 is 10.9 Å². The van der Waals surface area contributed by atoms with Crippen LogP contribution in [-0.2, 0) is 12.8 Å². The van der Waals surface area contributed by atoms with Crippen molar-refractivity contribution in [2.75, 3.05) is 27.4 Å². The van der Waals surface area contributed by atoms with Gasteiger partial charge in [0.2, 0.25) is 0 Å². The second-order valence-electron chi connectivity index (χ2n) is 6.41. The number of rotatable bonds is 5. The Hall–Kier alpha value is -3.22. The van der Waals surface area contributed by atoms with Crippen molar-refractivity contribution in [3.05, 3.63) is 52.2 Å². The van der Waals surface area contributed by atoms with E-state index in [1.54, 1.807) is 26.4 Å². The quantitative estimate of drug-likeness (QED) is 0.669. The van der Waals surface area contributed by atoms with E-state index < -0.39 is 5.63 Å². The molecular weight excluding hydrogens is 362 g/mol. The Bertz CT molecular complexity index is 1060. The number of ether oxygens (including phenoxy) is 4. The molecule has 0 unspecified atom stereocenters. The summed E-state index contributed by atoms with van der Waals surface area (Å²) in [5, 5.41) is 0.381. The molecule has 0 saturated heterocycles. The second kappa shape index (κ2) is 7.80. The van der Waals surface area contributed by atoms with Gasteiger partial charge in [0.25, 0.3) is 0 Å². The molecule has 146 valence electrons. The predicted molar refractivity (Wildman–Crippen MR) is 103 cm³/mol. The zero-order valence-electron chi connectivity index (χ0n) is 15.8. The van der Waals surface area contributed by atoms with E-state index >= 15 is 0 Å². The lowest BCUT2D eigenvalue weighted by Crippen LogP contribution is -2.07. The molecule has 0 radical (unpaired) electrons. The molecule has 0 atom stereocenters. The molecule has 0 spiro atoms. The fraction of sp³-hybridized carbons (Fsp3) is 0.333. The third-order valence-corrected chi connectivity index (χ3v) is 4.63. The highest BCUT2D eigenvalue weighted by atomic mass is 16.5. The molecule has 4 rings (SSSR count). The summed E-state index contributed by atoms with van der Waals surface area (Å²) >= 11 is 0. The molecule has 1 aromatic heterocycles. The van der Waals surface area contributed by atoms with E-state index in [2.05, 4.69) is 4.98 Å². The van der Waals surface area contributed by atoms with Crippen LogP contribution in [-0.4, -0.2) is 32.4 Å². The molecule has 7 nitrogen and oxygen atoms in total. The fourth-order valence-electron chi connectivity index (χ4n) is 3.27. The number of aryl methyl sites for hydroxylation is 2. The van der Waals surface area contributed by atoms with Crippen LogP contribution in [0.1, 0.15) is 17.9 Å². The third-order valence-electron chi connectivity index (χ3n) is 4.63. The molecule has 0 N–H and O–H groups in total. The van der Waals surface area contributed by atoms with Crippen molar-refractivity contribution in [2.45, 2.75) is 19.3 Å². The maximum atomic E-state index is 12.5. The summed E-state index contributed by atoms with van der Waals surface area (Å²) in [6.07, 6.45) is 1.83. The fourth-order valence-corrected chi connectivity index (χ4v) is 3.27. The zero-order valence-corrected chi connectivity index (χ0v) is 15.8. The first-order valence-electron chi connectivity index (χ1n) is 9.13. The Balaban J connectivity index is 1.64. The van der Waals surface area contributed by atoms with Crippen LogP contribution in [0, 0.1) is 0 Å². The number of hydrogen-bond donors (Lipinski definition) is 0. The van der Waals surface area contributed by atoms with Gasteiger partial charge in [0, 0.05) is 25.0 Å².